The maximum absolute atomic E-state index is 12.3. The minimum absolute atomic E-state index is 0.0883. The van der Waals surface area contributed by atoms with E-state index in [9.17, 15) is 4.79 Å². The van der Waals surface area contributed by atoms with Crippen LogP contribution in [0.4, 0.5) is 17.2 Å². The van der Waals surface area contributed by atoms with Crippen molar-refractivity contribution in [2.45, 2.75) is 22.4 Å². The zero-order valence-electron chi connectivity index (χ0n) is 20.4. The predicted octanol–water partition coefficient (Wildman–Crippen LogP) is 5.26. The average molecular weight is 514 g/mol. The van der Waals surface area contributed by atoms with E-state index < -0.39 is 0 Å². The molecule has 1 fully saturated rings. The van der Waals surface area contributed by atoms with Crippen molar-refractivity contribution < 1.29 is 9.47 Å². The van der Waals surface area contributed by atoms with Gasteiger partial charge < -0.3 is 30.0 Å². The molecule has 3 N–H and O–H groups in total. The number of anilines is 3. The first-order valence-electron chi connectivity index (χ1n) is 12.2. The fourth-order valence-corrected chi connectivity index (χ4v) is 5.62. The second kappa shape index (κ2) is 10.2. The van der Waals surface area contributed by atoms with Crippen molar-refractivity contribution in [1.29, 1.82) is 0 Å². The Hall–Kier alpha value is -3.95. The number of nitrogens with one attached hydrogen (secondary N) is 3. The van der Waals surface area contributed by atoms with Crippen LogP contribution in [0.15, 0.2) is 87.6 Å². The lowest BCUT2D eigenvalue weighted by Crippen LogP contribution is -2.41. The van der Waals surface area contributed by atoms with Crippen molar-refractivity contribution in [2.24, 2.45) is 0 Å². The Morgan fingerprint density at radius 1 is 1.14 bits per heavy atom. The lowest BCUT2D eigenvalue weighted by molar-refractivity contribution is 0.0382. The summed E-state index contributed by atoms with van der Waals surface area (Å²) in [7, 11) is 1.86. The Labute approximate surface area is 219 Å². The van der Waals surface area contributed by atoms with Gasteiger partial charge in [0.05, 0.1) is 16.4 Å². The van der Waals surface area contributed by atoms with Crippen LogP contribution in [0, 0.1) is 0 Å². The van der Waals surface area contributed by atoms with E-state index in [4.69, 9.17) is 9.47 Å². The van der Waals surface area contributed by atoms with Gasteiger partial charge in [-0.1, -0.05) is 30.0 Å². The molecule has 1 atom stereocenters. The van der Waals surface area contributed by atoms with Crippen LogP contribution >= 0.6 is 11.8 Å². The van der Waals surface area contributed by atoms with Gasteiger partial charge in [-0.05, 0) is 48.0 Å². The largest absolute Gasteiger partial charge is 0.455 e. The quantitative estimate of drug-likeness (QED) is 0.283. The highest BCUT2D eigenvalue weighted by molar-refractivity contribution is 7.99. The van der Waals surface area contributed by atoms with Gasteiger partial charge in [-0.25, -0.2) is 4.98 Å². The zero-order valence-corrected chi connectivity index (χ0v) is 21.2. The second-order valence-electron chi connectivity index (χ2n) is 8.89. The fourth-order valence-electron chi connectivity index (χ4n) is 4.59. The molecule has 4 aromatic rings. The van der Waals surface area contributed by atoms with Gasteiger partial charge in [0.15, 0.2) is 0 Å². The number of fused-ring (bicyclic) bond motifs is 2. The molecule has 0 saturated carbocycles. The Kier molecular flexibility index (Phi) is 6.46. The summed E-state index contributed by atoms with van der Waals surface area (Å²) in [5.74, 6) is 2.50. The Balaban J connectivity index is 1.19. The van der Waals surface area contributed by atoms with Gasteiger partial charge in [0.25, 0.3) is 5.56 Å². The summed E-state index contributed by atoms with van der Waals surface area (Å²) in [5.41, 5.74) is 3.69. The third-order valence-electron chi connectivity index (χ3n) is 6.51. The monoisotopic (exact) mass is 513 g/mol. The number of nitrogens with zero attached hydrogens (tertiary/aromatic N) is 2. The highest BCUT2D eigenvalue weighted by atomic mass is 32.2. The molecule has 1 saturated heterocycles. The van der Waals surface area contributed by atoms with Crippen molar-refractivity contribution >= 4 is 29.0 Å². The van der Waals surface area contributed by atoms with Crippen LogP contribution in [-0.2, 0) is 11.3 Å². The summed E-state index contributed by atoms with van der Waals surface area (Å²) in [5, 5.41) is 6.51. The molecule has 4 heterocycles. The van der Waals surface area contributed by atoms with Crippen molar-refractivity contribution in [2.75, 3.05) is 42.3 Å². The lowest BCUT2D eigenvalue weighted by atomic mass is 10.1. The van der Waals surface area contributed by atoms with Crippen LogP contribution in [-0.4, -0.2) is 36.7 Å². The molecule has 9 heteroatoms. The van der Waals surface area contributed by atoms with Crippen LogP contribution in [0.3, 0.4) is 0 Å². The molecule has 2 aromatic carbocycles. The van der Waals surface area contributed by atoms with Crippen molar-refractivity contribution in [3.8, 4) is 11.5 Å². The zero-order chi connectivity index (χ0) is 25.2. The minimum atomic E-state index is -0.200. The molecule has 0 spiro atoms. The molecule has 0 bridgehead atoms. The molecular formula is C28H27N5O3S. The van der Waals surface area contributed by atoms with E-state index in [0.717, 1.165) is 43.9 Å². The number of para-hydroxylation sites is 1. The van der Waals surface area contributed by atoms with Crippen molar-refractivity contribution in [1.82, 2.24) is 9.97 Å². The number of aromatic nitrogens is 2. The van der Waals surface area contributed by atoms with Crippen LogP contribution in [0.5, 0.6) is 11.5 Å². The molecule has 37 heavy (non-hydrogen) atoms. The maximum Gasteiger partial charge on any atom is 0.271 e. The number of ether oxygens (including phenoxy) is 2. The van der Waals surface area contributed by atoms with Gasteiger partial charge in [-0.2, -0.15) is 0 Å². The molecule has 2 aromatic heterocycles. The standard InChI is InChI=1S/C28H27N5O3S/c1-29-26-10-7-18(16-32-26)15-31-19-8-9-22-25(14-19)37-24-6-2-4-20(27(24)36-22)23-17-33(12-13-35-23)21-5-3-11-30-28(21)34/h2-11,14,16,23,31H,12-13,15,17H2,1H3,(H,29,32)(H,30,34). The van der Waals surface area contributed by atoms with E-state index in [1.54, 1.807) is 18.0 Å². The number of pyridine rings is 2. The first kappa shape index (κ1) is 23.4. The van der Waals surface area contributed by atoms with Gasteiger partial charge >= 0.3 is 0 Å². The highest BCUT2D eigenvalue weighted by Crippen LogP contribution is 2.50. The second-order valence-corrected chi connectivity index (χ2v) is 9.97. The SMILES string of the molecule is CNc1ccc(CNc2ccc3c(c2)Sc2cccc(C4CN(c5ccc[nH]c5=O)CCO4)c2O3)cn1. The lowest BCUT2D eigenvalue weighted by Gasteiger charge is -2.35. The summed E-state index contributed by atoms with van der Waals surface area (Å²) in [6, 6.07) is 20.0. The van der Waals surface area contributed by atoms with Gasteiger partial charge in [-0.3, -0.25) is 4.79 Å². The first-order chi connectivity index (χ1) is 18.2. The van der Waals surface area contributed by atoms with Gasteiger partial charge in [0.2, 0.25) is 0 Å². The summed E-state index contributed by atoms with van der Waals surface area (Å²) in [6.07, 6.45) is 3.32. The van der Waals surface area contributed by atoms with Gasteiger partial charge in [-0.15, -0.1) is 0 Å². The molecule has 2 aliphatic rings. The number of benzene rings is 2. The average Bonchev–Trinajstić information content (AvgIpc) is 2.95. The molecule has 188 valence electrons. The third kappa shape index (κ3) is 4.87. The van der Waals surface area contributed by atoms with Crippen LogP contribution in [0.25, 0.3) is 0 Å². The first-order valence-corrected chi connectivity index (χ1v) is 13.0. The number of hydrogen-bond acceptors (Lipinski definition) is 8. The molecule has 8 nitrogen and oxygen atoms in total. The normalized spacial score (nSPS) is 16.4. The number of hydrogen-bond donors (Lipinski definition) is 3. The Bertz CT molecular complexity index is 1470. The maximum atomic E-state index is 12.3. The molecular weight excluding hydrogens is 486 g/mol. The van der Waals surface area contributed by atoms with E-state index >= 15 is 0 Å². The Morgan fingerprint density at radius 2 is 2.08 bits per heavy atom. The number of rotatable bonds is 6. The summed E-state index contributed by atoms with van der Waals surface area (Å²) < 4.78 is 12.6. The highest BCUT2D eigenvalue weighted by Gasteiger charge is 2.29. The van der Waals surface area contributed by atoms with E-state index in [1.807, 2.05) is 49.6 Å². The Morgan fingerprint density at radius 3 is 2.92 bits per heavy atom. The van der Waals surface area contributed by atoms with Gasteiger partial charge in [0, 0.05) is 50.3 Å². The molecule has 0 amide bonds. The smallest absolute Gasteiger partial charge is 0.271 e. The number of aromatic amines is 1. The summed E-state index contributed by atoms with van der Waals surface area (Å²) in [4.78, 5) is 23.7. The third-order valence-corrected chi connectivity index (χ3v) is 7.59. The summed E-state index contributed by atoms with van der Waals surface area (Å²) >= 11 is 1.69. The van der Waals surface area contributed by atoms with Crippen molar-refractivity contribution in [3.63, 3.8) is 0 Å². The number of morpholine rings is 1. The fraction of sp³-hybridized carbons (Fsp3) is 0.214. The molecule has 0 aliphatic carbocycles. The van der Waals surface area contributed by atoms with Crippen LogP contribution in [0.1, 0.15) is 17.2 Å². The van der Waals surface area contributed by atoms with Crippen LogP contribution < -0.4 is 25.8 Å². The van der Waals surface area contributed by atoms with E-state index in [-0.39, 0.29) is 11.7 Å². The van der Waals surface area contributed by atoms with Gasteiger partial charge in [0.1, 0.15) is 29.1 Å². The summed E-state index contributed by atoms with van der Waals surface area (Å²) in [6.45, 7) is 2.47. The number of H-pyrrole nitrogens is 1. The van der Waals surface area contributed by atoms with E-state index in [1.165, 1.54) is 0 Å². The molecule has 1 unspecified atom stereocenters. The van der Waals surface area contributed by atoms with Crippen molar-refractivity contribution in [3.05, 3.63) is 94.5 Å². The molecule has 2 aliphatic heterocycles. The van der Waals surface area contributed by atoms with E-state index in [0.29, 0.717) is 31.9 Å². The molecule has 6 rings (SSSR count). The topological polar surface area (TPSA) is 91.5 Å². The minimum Gasteiger partial charge on any atom is -0.455 e. The predicted molar refractivity (Wildman–Crippen MR) is 146 cm³/mol. The van der Waals surface area contributed by atoms with Crippen LogP contribution in [0.2, 0.25) is 0 Å². The van der Waals surface area contributed by atoms with E-state index in [2.05, 4.69) is 49.8 Å². The molecule has 0 radical (unpaired) electrons.